The Kier molecular flexibility index (Phi) is 2.71. The number of nitrogens with one attached hydrogen (secondary N) is 5. The van der Waals surface area contributed by atoms with Crippen LogP contribution in [0.25, 0.3) is 0 Å². The van der Waals surface area contributed by atoms with Gasteiger partial charge in [0.05, 0.1) is 0 Å². The van der Waals surface area contributed by atoms with Crippen molar-refractivity contribution in [1.29, 1.82) is 0 Å². The monoisotopic (exact) mass is 269 g/mol. The number of rotatable bonds is 2. The normalized spacial score (nSPS) is 10.3. The van der Waals surface area contributed by atoms with Crippen LogP contribution in [0.3, 0.4) is 0 Å². The van der Waals surface area contributed by atoms with Crippen LogP contribution in [0.5, 0.6) is 11.8 Å². The maximum atomic E-state index is 11.4. The van der Waals surface area contributed by atoms with Crippen LogP contribution in [0.15, 0.2) is 19.2 Å². The molecule has 0 aliphatic heterocycles. The lowest BCUT2D eigenvalue weighted by Crippen LogP contribution is -2.27. The average Bonchev–Trinajstić information content (AvgIpc) is 2.25. The first-order chi connectivity index (χ1) is 8.88. The number of H-pyrrole nitrogens is 4. The van der Waals surface area contributed by atoms with E-state index in [0.717, 1.165) is 0 Å². The lowest BCUT2D eigenvalue weighted by molar-refractivity contribution is 0.448. The summed E-state index contributed by atoms with van der Waals surface area (Å²) in [5, 5.41) is 20.8. The molecule has 0 fully saturated rings. The number of hydrogen-bond donors (Lipinski definition) is 7. The molecule has 19 heavy (non-hydrogen) atoms. The summed E-state index contributed by atoms with van der Waals surface area (Å²) in [6.45, 7) is 0. The summed E-state index contributed by atoms with van der Waals surface area (Å²) in [4.78, 5) is 51.8. The molecule has 11 nitrogen and oxygen atoms in total. The number of hydrogen-bond acceptors (Lipinski definition) is 7. The summed E-state index contributed by atoms with van der Waals surface area (Å²) in [5.41, 5.74) is -5.10. The van der Waals surface area contributed by atoms with Gasteiger partial charge in [-0.05, 0) is 0 Å². The second-order valence-electron chi connectivity index (χ2n) is 3.39. The Morgan fingerprint density at radius 1 is 0.684 bits per heavy atom. The topological polar surface area (TPSA) is 184 Å². The van der Waals surface area contributed by atoms with Gasteiger partial charge in [-0.3, -0.25) is 29.5 Å². The van der Waals surface area contributed by atoms with E-state index in [1.54, 1.807) is 9.97 Å². The van der Waals surface area contributed by atoms with Gasteiger partial charge in [0.1, 0.15) is 0 Å². The Balaban J connectivity index is 2.61. The first kappa shape index (κ1) is 12.2. The van der Waals surface area contributed by atoms with Gasteiger partial charge < -0.3 is 15.5 Å². The van der Waals surface area contributed by atoms with Crippen LogP contribution in [0.1, 0.15) is 0 Å². The standard InChI is InChI=1S/C8H7N5O6/c14-3-1(4(15)11-7(18)10-3)9-2-5(16)12-8(19)13-6(2)17/h9H,(H3,10,11,14,15,18)(H3,12,13,16,17,19). The molecular formula is C8H7N5O6. The fraction of sp³-hybridized carbons (Fsp3) is 0. The molecule has 0 saturated heterocycles. The maximum absolute atomic E-state index is 11.4. The molecule has 0 aromatic carbocycles. The molecular weight excluding hydrogens is 262 g/mol. The van der Waals surface area contributed by atoms with Crippen molar-refractivity contribution < 1.29 is 10.2 Å². The molecule has 0 atom stereocenters. The van der Waals surface area contributed by atoms with E-state index in [4.69, 9.17) is 0 Å². The van der Waals surface area contributed by atoms with Gasteiger partial charge >= 0.3 is 11.4 Å². The Hall–Kier alpha value is -3.24. The van der Waals surface area contributed by atoms with E-state index < -0.39 is 45.6 Å². The van der Waals surface area contributed by atoms with E-state index >= 15 is 0 Å². The molecule has 100 valence electrons. The highest BCUT2D eigenvalue weighted by Gasteiger charge is 2.14. The van der Waals surface area contributed by atoms with Gasteiger partial charge in [0.2, 0.25) is 11.8 Å². The van der Waals surface area contributed by atoms with Crippen molar-refractivity contribution >= 4 is 11.4 Å². The summed E-state index contributed by atoms with van der Waals surface area (Å²) in [7, 11) is 0. The molecule has 0 unspecified atom stereocenters. The zero-order chi connectivity index (χ0) is 14.2. The fourth-order valence-corrected chi connectivity index (χ4v) is 1.31. The molecule has 0 aliphatic rings. The van der Waals surface area contributed by atoms with E-state index in [-0.39, 0.29) is 0 Å². The van der Waals surface area contributed by atoms with Crippen LogP contribution >= 0.6 is 0 Å². The van der Waals surface area contributed by atoms with Crippen LogP contribution in [-0.4, -0.2) is 30.1 Å². The molecule has 0 bridgehead atoms. The molecule has 0 aliphatic carbocycles. The summed E-state index contributed by atoms with van der Waals surface area (Å²) in [6, 6.07) is 0. The quantitative estimate of drug-likeness (QED) is 0.316. The summed E-state index contributed by atoms with van der Waals surface area (Å²) in [6.07, 6.45) is 0. The first-order valence-corrected chi connectivity index (χ1v) is 4.76. The van der Waals surface area contributed by atoms with E-state index in [0.29, 0.717) is 0 Å². The Bertz CT molecular complexity index is 784. The lowest BCUT2D eigenvalue weighted by Gasteiger charge is -2.06. The Morgan fingerprint density at radius 2 is 1.05 bits per heavy atom. The SMILES string of the molecule is O=c1[nH]c(O)c(Nc2c(O)[nH]c(=O)[nH]c2=O)c(=O)[nH]1. The van der Waals surface area contributed by atoms with E-state index in [1.165, 1.54) is 0 Å². The Morgan fingerprint density at radius 3 is 1.37 bits per heavy atom. The van der Waals surface area contributed by atoms with Crippen LogP contribution in [0.2, 0.25) is 0 Å². The third-order valence-electron chi connectivity index (χ3n) is 2.10. The van der Waals surface area contributed by atoms with Crippen LogP contribution in [-0.2, 0) is 0 Å². The smallest absolute Gasteiger partial charge is 0.328 e. The van der Waals surface area contributed by atoms with Gasteiger partial charge in [0.15, 0.2) is 11.4 Å². The predicted molar refractivity (Wildman–Crippen MR) is 62.0 cm³/mol. The minimum absolute atomic E-state index is 0.576. The largest absolute Gasteiger partial charge is 0.493 e. The number of aromatic nitrogens is 4. The third-order valence-corrected chi connectivity index (χ3v) is 2.10. The van der Waals surface area contributed by atoms with Crippen molar-refractivity contribution in [3.63, 3.8) is 0 Å². The summed E-state index contributed by atoms with van der Waals surface area (Å²) in [5.74, 6) is -1.67. The zero-order valence-corrected chi connectivity index (χ0v) is 9.03. The highest BCUT2D eigenvalue weighted by Crippen LogP contribution is 2.20. The number of anilines is 2. The summed E-state index contributed by atoms with van der Waals surface area (Å²) >= 11 is 0. The molecule has 2 heterocycles. The van der Waals surface area contributed by atoms with Gasteiger partial charge in [-0.15, -0.1) is 0 Å². The highest BCUT2D eigenvalue weighted by molar-refractivity contribution is 5.65. The molecule has 0 spiro atoms. The minimum Gasteiger partial charge on any atom is -0.493 e. The second-order valence-corrected chi connectivity index (χ2v) is 3.39. The van der Waals surface area contributed by atoms with Crippen molar-refractivity contribution in [3.8, 4) is 11.8 Å². The van der Waals surface area contributed by atoms with E-state index in [2.05, 4.69) is 5.32 Å². The van der Waals surface area contributed by atoms with Gasteiger partial charge in [0.25, 0.3) is 11.1 Å². The highest BCUT2D eigenvalue weighted by atomic mass is 16.3. The van der Waals surface area contributed by atoms with Crippen LogP contribution in [0.4, 0.5) is 11.4 Å². The van der Waals surface area contributed by atoms with Crippen molar-refractivity contribution in [2.45, 2.75) is 0 Å². The number of aromatic hydroxyl groups is 2. The zero-order valence-electron chi connectivity index (χ0n) is 9.03. The molecule has 2 aromatic rings. The van der Waals surface area contributed by atoms with Crippen LogP contribution < -0.4 is 27.8 Å². The van der Waals surface area contributed by atoms with Crippen LogP contribution in [0, 0.1) is 0 Å². The first-order valence-electron chi connectivity index (χ1n) is 4.76. The van der Waals surface area contributed by atoms with Crippen molar-refractivity contribution in [2.24, 2.45) is 0 Å². The minimum atomic E-state index is -1.02. The molecule has 2 rings (SSSR count). The van der Waals surface area contributed by atoms with Crippen molar-refractivity contribution in [1.82, 2.24) is 19.9 Å². The summed E-state index contributed by atoms with van der Waals surface area (Å²) < 4.78 is 0. The van der Waals surface area contributed by atoms with Crippen molar-refractivity contribution in [2.75, 3.05) is 5.32 Å². The fourth-order valence-electron chi connectivity index (χ4n) is 1.31. The molecule has 11 heteroatoms. The van der Waals surface area contributed by atoms with E-state index in [1.807, 2.05) is 9.97 Å². The molecule has 0 amide bonds. The second kappa shape index (κ2) is 4.21. The van der Waals surface area contributed by atoms with Crippen molar-refractivity contribution in [3.05, 3.63) is 41.7 Å². The van der Waals surface area contributed by atoms with Gasteiger partial charge in [-0.2, -0.15) is 0 Å². The maximum Gasteiger partial charge on any atom is 0.328 e. The molecule has 2 aromatic heterocycles. The molecule has 7 N–H and O–H groups in total. The third kappa shape index (κ3) is 2.24. The molecule has 0 radical (unpaired) electrons. The lowest BCUT2D eigenvalue weighted by atomic mass is 10.4. The molecule has 0 saturated carbocycles. The predicted octanol–water partition coefficient (Wildman–Crippen LogP) is -2.41. The van der Waals surface area contributed by atoms with Gasteiger partial charge in [-0.1, -0.05) is 0 Å². The number of aromatic amines is 4. The average molecular weight is 269 g/mol. The van der Waals surface area contributed by atoms with Gasteiger partial charge in [-0.25, -0.2) is 9.59 Å². The van der Waals surface area contributed by atoms with E-state index in [9.17, 15) is 29.4 Å². The Labute approximate surface area is 101 Å². The van der Waals surface area contributed by atoms with Gasteiger partial charge in [0, 0.05) is 0 Å².